The molecule has 5 saturated heterocycles. The maximum absolute atomic E-state index is 17.0. The Morgan fingerprint density at radius 2 is 1.58 bits per heavy atom. The number of imide groups is 1. The molecule has 72 heavy (non-hydrogen) atoms. The van der Waals surface area contributed by atoms with Crippen molar-refractivity contribution in [1.82, 2.24) is 40.3 Å². The summed E-state index contributed by atoms with van der Waals surface area (Å²) in [5, 5.41) is 6.72. The van der Waals surface area contributed by atoms with Gasteiger partial charge in [-0.05, 0) is 130 Å². The quantitative estimate of drug-likeness (QED) is 0.104. The molecule has 2 aromatic heterocycles. The highest BCUT2D eigenvalue weighted by Gasteiger charge is 2.50. The van der Waals surface area contributed by atoms with Crippen LogP contribution in [0.5, 0.6) is 6.01 Å². The van der Waals surface area contributed by atoms with E-state index < -0.39 is 23.5 Å². The lowest BCUT2D eigenvalue weighted by atomic mass is 9.57. The van der Waals surface area contributed by atoms with Gasteiger partial charge in [0.1, 0.15) is 23.1 Å². The minimum atomic E-state index is -1.09. The first-order chi connectivity index (χ1) is 34.8. The number of aromatic nitrogens is 3. The van der Waals surface area contributed by atoms with Gasteiger partial charge < -0.3 is 35.4 Å². The van der Waals surface area contributed by atoms with E-state index in [0.717, 1.165) is 95.4 Å². The first kappa shape index (κ1) is 45.7. The minimum Gasteiger partial charge on any atom is -0.463 e. The minimum absolute atomic E-state index is 0.0166. The Kier molecular flexibility index (Phi) is 11.1. The molecule has 8 heterocycles. The number of hydrogen-bond donors (Lipinski definition) is 3. The number of fused-ring (bicyclic) bond motifs is 5. The molecule has 2 saturated carbocycles. The van der Waals surface area contributed by atoms with E-state index in [4.69, 9.17) is 15.5 Å². The number of rotatable bonds is 11. The monoisotopic (exact) mass is 983 g/mol. The number of carbonyl (C=O) groups is 3. The Hall–Kier alpha value is -6.11. The van der Waals surface area contributed by atoms with Crippen molar-refractivity contribution >= 4 is 56.6 Å². The summed E-state index contributed by atoms with van der Waals surface area (Å²) in [7, 11) is 0. The van der Waals surface area contributed by atoms with Crippen molar-refractivity contribution in [3.05, 3.63) is 77.2 Å². The Morgan fingerprint density at radius 1 is 0.806 bits per heavy atom. The van der Waals surface area contributed by atoms with Gasteiger partial charge in [-0.1, -0.05) is 6.07 Å². The molecule has 5 aromatic rings. The highest BCUT2D eigenvalue weighted by molar-refractivity contribution is 6.06. The van der Waals surface area contributed by atoms with Gasteiger partial charge in [0.25, 0.3) is 5.91 Å². The largest absolute Gasteiger partial charge is 0.463 e. The van der Waals surface area contributed by atoms with Crippen LogP contribution in [0.1, 0.15) is 80.1 Å². The first-order valence-electron chi connectivity index (χ1n) is 26.0. The zero-order valence-electron chi connectivity index (χ0n) is 40.4. The molecule has 376 valence electrons. The molecule has 18 heteroatoms. The van der Waals surface area contributed by atoms with Crippen LogP contribution in [0.2, 0.25) is 0 Å². The zero-order chi connectivity index (χ0) is 49.0. The molecule has 7 fully saturated rings. The predicted octanol–water partition coefficient (Wildman–Crippen LogP) is 6.02. The molecule has 1 spiro atoms. The van der Waals surface area contributed by atoms with E-state index in [1.165, 1.54) is 50.1 Å². The third-order valence-electron chi connectivity index (χ3n) is 17.6. The van der Waals surface area contributed by atoms with Crippen LogP contribution >= 0.6 is 0 Å². The van der Waals surface area contributed by atoms with Crippen molar-refractivity contribution in [2.24, 2.45) is 16.7 Å². The van der Waals surface area contributed by atoms with Gasteiger partial charge in [-0.25, -0.2) is 13.2 Å². The Bertz CT molecular complexity index is 3030. The number of nitrogens with one attached hydrogen (secondary N) is 2. The van der Waals surface area contributed by atoms with Gasteiger partial charge in [0.05, 0.1) is 12.0 Å². The maximum atomic E-state index is 17.0. The third-order valence-corrected chi connectivity index (χ3v) is 17.6. The fourth-order valence-corrected chi connectivity index (χ4v) is 13.5. The number of anilines is 3. The number of pyridine rings is 1. The van der Waals surface area contributed by atoms with Crippen LogP contribution in [0.3, 0.4) is 0 Å². The second-order valence-electron chi connectivity index (χ2n) is 22.5. The number of halogens is 3. The topological polar surface area (TPSA) is 165 Å². The van der Waals surface area contributed by atoms with Crippen molar-refractivity contribution in [3.63, 3.8) is 0 Å². The number of nitrogens with two attached hydrogens (primary N) is 1. The number of nitrogens with zero attached hydrogens (tertiary/aromatic N) is 8. The molecule has 2 bridgehead atoms. The van der Waals surface area contributed by atoms with E-state index in [0.29, 0.717) is 78.2 Å². The van der Waals surface area contributed by atoms with Crippen LogP contribution in [0, 0.1) is 34.2 Å². The van der Waals surface area contributed by atoms with Crippen LogP contribution in [-0.4, -0.2) is 138 Å². The van der Waals surface area contributed by atoms with Gasteiger partial charge >= 0.3 is 6.01 Å². The summed E-state index contributed by atoms with van der Waals surface area (Å²) in [5.74, 6) is -2.44. The smallest absolute Gasteiger partial charge is 0.319 e. The molecule has 2 unspecified atom stereocenters. The molecule has 15 nitrogen and oxygen atoms in total. The Balaban J connectivity index is 0.623. The summed E-state index contributed by atoms with van der Waals surface area (Å²) in [6.07, 6.45) is 11.3. The average molecular weight is 984 g/mol. The summed E-state index contributed by atoms with van der Waals surface area (Å²) < 4.78 is 53.5. The van der Waals surface area contributed by atoms with Gasteiger partial charge in [-0.3, -0.25) is 29.6 Å². The van der Waals surface area contributed by atoms with Gasteiger partial charge in [-0.2, -0.15) is 9.97 Å². The molecule has 2 aliphatic carbocycles. The molecule has 3 atom stereocenters. The van der Waals surface area contributed by atoms with E-state index >= 15 is 8.78 Å². The zero-order valence-corrected chi connectivity index (χ0v) is 40.4. The number of likely N-dealkylation sites (tertiary alicyclic amines) is 1. The number of nitrogen functional groups attached to an aromatic ring is 1. The van der Waals surface area contributed by atoms with Crippen molar-refractivity contribution in [2.45, 2.75) is 88.9 Å². The summed E-state index contributed by atoms with van der Waals surface area (Å²) >= 11 is 0. The molecule has 3 aromatic carbocycles. The lowest BCUT2D eigenvalue weighted by Gasteiger charge is -2.54. The van der Waals surface area contributed by atoms with E-state index in [-0.39, 0.29) is 63.4 Å². The third kappa shape index (κ3) is 8.26. The Morgan fingerprint density at radius 3 is 2.33 bits per heavy atom. The van der Waals surface area contributed by atoms with Crippen molar-refractivity contribution < 1.29 is 32.3 Å². The summed E-state index contributed by atoms with van der Waals surface area (Å²) in [6.45, 7) is 10.3. The normalized spacial score (nSPS) is 25.1. The van der Waals surface area contributed by atoms with Crippen LogP contribution in [-0.2, 0) is 16.1 Å². The number of ether oxygens (including phenoxy) is 1. The van der Waals surface area contributed by atoms with Crippen molar-refractivity contribution in [2.75, 3.05) is 87.6 Å². The van der Waals surface area contributed by atoms with Crippen LogP contribution in [0.15, 0.2) is 48.7 Å². The predicted molar refractivity (Wildman–Crippen MR) is 266 cm³/mol. The second kappa shape index (κ2) is 17.5. The molecule has 4 N–H and O–H groups in total. The average Bonchev–Trinajstić information content (AvgIpc) is 3.94. The number of amides is 3. The van der Waals surface area contributed by atoms with Crippen molar-refractivity contribution in [3.8, 4) is 17.3 Å². The fraction of sp³-hybridized carbons (Fsp3) is 0.519. The highest BCUT2D eigenvalue weighted by atomic mass is 19.2. The van der Waals surface area contributed by atoms with E-state index in [1.54, 1.807) is 4.90 Å². The maximum Gasteiger partial charge on any atom is 0.319 e. The number of hydrogen-bond acceptors (Lipinski definition) is 13. The Labute approximate surface area is 415 Å². The van der Waals surface area contributed by atoms with Gasteiger partial charge in [0, 0.05) is 117 Å². The first-order valence-corrected chi connectivity index (χ1v) is 26.0. The lowest BCUT2D eigenvalue weighted by molar-refractivity contribution is -0.136. The number of piperazine rings is 2. The van der Waals surface area contributed by atoms with Crippen LogP contribution in [0.25, 0.3) is 32.9 Å². The molecular weight excluding hydrogens is 924 g/mol. The molecule has 8 aliphatic rings. The molecule has 0 radical (unpaired) electrons. The summed E-state index contributed by atoms with van der Waals surface area (Å²) in [4.78, 5) is 63.0. The van der Waals surface area contributed by atoms with E-state index in [2.05, 4.69) is 46.3 Å². The lowest BCUT2D eigenvalue weighted by Crippen LogP contribution is -2.53. The van der Waals surface area contributed by atoms with E-state index in [9.17, 15) is 18.8 Å². The van der Waals surface area contributed by atoms with Gasteiger partial charge in [0.15, 0.2) is 17.5 Å². The second-order valence-corrected chi connectivity index (χ2v) is 22.5. The number of benzene rings is 3. The SMILES string of the molecule is Nc1cc(-c2ncc3c(N4CC5CCC(C4)N5)nc(OCC4(CN5CCC6(CC5)CC(CN5CCN(c7ccc8c(c7)CN([C@H]7CCC(=O)NC7=O)C8=O)CC5)C6)CC4)nc3c2F)c2c(F)c(F)ccc2c1. The molecule has 6 aliphatic heterocycles. The standard InChI is InChI=1S/C54H60F3N11O4/c55-41-6-1-32-19-34(58)21-39(44(32)45(41)56)47-46(57)48-40(24-59-47)49(67-27-35-2-3-36(28-67)60-35)63-52(62-48)72-30-54(9-10-54)29-65-13-11-53(12-14-65)22-31(23-53)25-64-15-17-66(18-16-64)37-4-5-38-33(20-37)26-68(51(38)71)42-7-8-43(69)61-50(42)70/h1,4-6,19-21,24,31,35-36,42,60H,2-3,7-18,22-23,25-30,58H2,(H,61,69,70)/t35?,36?,42-/m0/s1. The number of carbonyl (C=O) groups excluding carboxylic acids is 3. The highest BCUT2D eigenvalue weighted by Crippen LogP contribution is 2.54. The summed E-state index contributed by atoms with van der Waals surface area (Å²) in [6, 6.07) is 11.5. The fourth-order valence-electron chi connectivity index (χ4n) is 13.5. The number of piperidine rings is 2. The van der Waals surface area contributed by atoms with Crippen LogP contribution < -0.4 is 30.9 Å². The van der Waals surface area contributed by atoms with Gasteiger partial charge in [0.2, 0.25) is 11.8 Å². The van der Waals surface area contributed by atoms with Crippen molar-refractivity contribution in [1.29, 1.82) is 0 Å². The summed E-state index contributed by atoms with van der Waals surface area (Å²) in [5.41, 5.74) is 9.46. The van der Waals surface area contributed by atoms with E-state index in [1.807, 2.05) is 12.1 Å². The molecule has 3 amide bonds. The van der Waals surface area contributed by atoms with Gasteiger partial charge in [-0.15, -0.1) is 0 Å². The molecule has 13 rings (SSSR count). The van der Waals surface area contributed by atoms with Crippen LogP contribution in [0.4, 0.5) is 30.4 Å². The molecular formula is C54H60F3N11O4.